The zero-order valence-electron chi connectivity index (χ0n) is 24.2. The van der Waals surface area contributed by atoms with E-state index in [0.717, 1.165) is 35.7 Å². The van der Waals surface area contributed by atoms with Crippen molar-refractivity contribution in [1.29, 1.82) is 0 Å². The molecule has 2 aromatic carbocycles. The summed E-state index contributed by atoms with van der Waals surface area (Å²) in [6.07, 6.45) is 1.90. The zero-order chi connectivity index (χ0) is 29.5. The van der Waals surface area contributed by atoms with Crippen molar-refractivity contribution in [2.24, 2.45) is 5.10 Å². The number of morpholine rings is 1. The third-order valence-electron chi connectivity index (χ3n) is 7.52. The van der Waals surface area contributed by atoms with Crippen LogP contribution >= 0.6 is 0 Å². The monoisotopic (exact) mass is 576 g/mol. The van der Waals surface area contributed by atoms with E-state index in [4.69, 9.17) is 28.5 Å². The summed E-state index contributed by atoms with van der Waals surface area (Å²) in [6, 6.07) is 15.8. The summed E-state index contributed by atoms with van der Waals surface area (Å²) >= 11 is 0. The van der Waals surface area contributed by atoms with Gasteiger partial charge in [0.15, 0.2) is 5.76 Å². The lowest BCUT2D eigenvalue weighted by Gasteiger charge is -2.31. The maximum Gasteiger partial charge on any atom is 0.290 e. The molecule has 5 rings (SSSR count). The summed E-state index contributed by atoms with van der Waals surface area (Å²) in [7, 11) is 4.80. The molecule has 0 saturated carbocycles. The van der Waals surface area contributed by atoms with E-state index >= 15 is 0 Å². The van der Waals surface area contributed by atoms with E-state index in [-0.39, 0.29) is 24.1 Å². The lowest BCUT2D eigenvalue weighted by Crippen LogP contribution is -2.46. The van der Waals surface area contributed by atoms with Crippen LogP contribution in [-0.4, -0.2) is 99.6 Å². The fourth-order valence-electron chi connectivity index (χ4n) is 5.17. The van der Waals surface area contributed by atoms with Crippen LogP contribution in [0.2, 0.25) is 0 Å². The average molecular weight is 577 g/mol. The topological polar surface area (TPSA) is 106 Å². The summed E-state index contributed by atoms with van der Waals surface area (Å²) in [5.74, 6) is 1.48. The number of hydrazone groups is 1. The van der Waals surface area contributed by atoms with Crippen molar-refractivity contribution >= 4 is 17.5 Å². The number of carbonyl (C=O) groups excluding carboxylic acids is 2. The van der Waals surface area contributed by atoms with Crippen LogP contribution in [0.1, 0.15) is 34.1 Å². The van der Waals surface area contributed by atoms with Crippen LogP contribution in [0, 0.1) is 0 Å². The summed E-state index contributed by atoms with van der Waals surface area (Å²) < 4.78 is 27.3. The van der Waals surface area contributed by atoms with Gasteiger partial charge in [-0.1, -0.05) is 0 Å². The smallest absolute Gasteiger partial charge is 0.290 e. The molecule has 3 aromatic rings. The predicted octanol–water partition coefficient (Wildman–Crippen LogP) is 3.46. The second-order valence-corrected chi connectivity index (χ2v) is 10.00. The van der Waals surface area contributed by atoms with Gasteiger partial charge < -0.3 is 28.3 Å². The van der Waals surface area contributed by atoms with Gasteiger partial charge in [0.05, 0.1) is 52.6 Å². The Morgan fingerprint density at radius 3 is 2.38 bits per heavy atom. The Kier molecular flexibility index (Phi) is 9.40. The maximum atomic E-state index is 14.1. The first-order valence-corrected chi connectivity index (χ1v) is 13.9. The van der Waals surface area contributed by atoms with Gasteiger partial charge in [-0.2, -0.15) is 5.10 Å². The number of hydrogen-bond donors (Lipinski definition) is 0. The SMILES string of the molecule is COc1ccc(C2=NN(C(=O)CN(CCN3CCOCC3)C(=O)c3ccco3)[C@@H](c3cc(OC)ccc3OC)C2)cc1. The van der Waals surface area contributed by atoms with Crippen molar-refractivity contribution in [3.63, 3.8) is 0 Å². The third-order valence-corrected chi connectivity index (χ3v) is 7.52. The summed E-state index contributed by atoms with van der Waals surface area (Å²) in [4.78, 5) is 31.3. The summed E-state index contributed by atoms with van der Waals surface area (Å²) in [5.41, 5.74) is 2.36. The first-order chi connectivity index (χ1) is 20.5. The number of carbonyl (C=O) groups is 2. The molecule has 42 heavy (non-hydrogen) atoms. The van der Waals surface area contributed by atoms with Crippen molar-refractivity contribution in [3.05, 3.63) is 77.7 Å². The minimum absolute atomic E-state index is 0.175. The van der Waals surface area contributed by atoms with E-state index in [1.54, 1.807) is 33.5 Å². The molecule has 0 N–H and O–H groups in total. The fourth-order valence-corrected chi connectivity index (χ4v) is 5.17. The molecule has 2 amide bonds. The molecule has 0 spiro atoms. The van der Waals surface area contributed by atoms with Crippen molar-refractivity contribution in [1.82, 2.24) is 14.8 Å². The van der Waals surface area contributed by atoms with Gasteiger partial charge in [-0.05, 0) is 60.2 Å². The van der Waals surface area contributed by atoms with Crippen molar-refractivity contribution < 1.29 is 33.0 Å². The minimum atomic E-state index is -0.473. The number of benzene rings is 2. The van der Waals surface area contributed by atoms with Crippen molar-refractivity contribution in [2.45, 2.75) is 12.5 Å². The fraction of sp³-hybridized carbons (Fsp3) is 0.387. The van der Waals surface area contributed by atoms with Gasteiger partial charge in [0.25, 0.3) is 11.8 Å². The van der Waals surface area contributed by atoms with Gasteiger partial charge in [0.1, 0.15) is 23.8 Å². The number of nitrogens with zero attached hydrogens (tertiary/aromatic N) is 4. The van der Waals surface area contributed by atoms with Crippen LogP contribution in [0.25, 0.3) is 0 Å². The highest BCUT2D eigenvalue weighted by Crippen LogP contribution is 2.39. The third kappa shape index (κ3) is 6.58. The van der Waals surface area contributed by atoms with E-state index in [0.29, 0.717) is 44.2 Å². The quantitative estimate of drug-likeness (QED) is 0.342. The molecule has 11 nitrogen and oxygen atoms in total. The van der Waals surface area contributed by atoms with Crippen LogP contribution in [0.5, 0.6) is 17.2 Å². The highest BCUT2D eigenvalue weighted by molar-refractivity contribution is 6.03. The van der Waals surface area contributed by atoms with E-state index in [9.17, 15) is 9.59 Å². The van der Waals surface area contributed by atoms with Gasteiger partial charge in [-0.15, -0.1) is 0 Å². The van der Waals surface area contributed by atoms with Crippen molar-refractivity contribution in [2.75, 3.05) is 67.3 Å². The Morgan fingerprint density at radius 2 is 1.71 bits per heavy atom. The molecule has 1 fully saturated rings. The standard InChI is InChI=1S/C31H36N4O7/c1-38-23-8-6-22(7-9-23)26-20-27(25-19-24(39-2)10-11-28(25)40-3)35(32-26)30(36)21-34(31(37)29-5-4-16-42-29)13-12-33-14-17-41-18-15-33/h4-11,16,19,27H,12-15,17-18,20-21H2,1-3H3/t27-/m1/s1. The molecule has 3 heterocycles. The Bertz CT molecular complexity index is 1380. The molecule has 1 saturated heterocycles. The molecule has 0 aliphatic carbocycles. The summed E-state index contributed by atoms with van der Waals surface area (Å²) in [5, 5.41) is 6.27. The normalized spacial score (nSPS) is 17.1. The summed E-state index contributed by atoms with van der Waals surface area (Å²) in [6.45, 7) is 3.62. The first kappa shape index (κ1) is 29.2. The van der Waals surface area contributed by atoms with Crippen LogP contribution in [-0.2, 0) is 9.53 Å². The molecule has 1 aromatic heterocycles. The number of ether oxygens (including phenoxy) is 4. The lowest BCUT2D eigenvalue weighted by atomic mass is 9.97. The molecule has 0 unspecified atom stereocenters. The molecule has 2 aliphatic heterocycles. The van der Waals surface area contributed by atoms with Crippen LogP contribution in [0.15, 0.2) is 70.4 Å². The Hall–Kier alpha value is -4.35. The van der Waals surface area contributed by atoms with Crippen molar-refractivity contribution in [3.8, 4) is 17.2 Å². The first-order valence-electron chi connectivity index (χ1n) is 13.9. The van der Waals surface area contributed by atoms with Gasteiger partial charge in [0.2, 0.25) is 0 Å². The zero-order valence-corrected chi connectivity index (χ0v) is 24.2. The van der Waals surface area contributed by atoms with Crippen LogP contribution < -0.4 is 14.2 Å². The maximum absolute atomic E-state index is 14.1. The van der Waals surface area contributed by atoms with E-state index in [1.165, 1.54) is 16.2 Å². The Morgan fingerprint density at radius 1 is 0.976 bits per heavy atom. The second kappa shape index (κ2) is 13.5. The number of amides is 2. The molecular weight excluding hydrogens is 540 g/mol. The van der Waals surface area contributed by atoms with Crippen LogP contribution in [0.4, 0.5) is 0 Å². The second-order valence-electron chi connectivity index (χ2n) is 10.00. The largest absolute Gasteiger partial charge is 0.497 e. The molecule has 11 heteroatoms. The Labute approximate surface area is 245 Å². The molecule has 222 valence electrons. The lowest BCUT2D eigenvalue weighted by molar-refractivity contribution is -0.133. The molecule has 0 radical (unpaired) electrons. The molecule has 2 aliphatic rings. The van der Waals surface area contributed by atoms with E-state index in [1.807, 2.05) is 42.5 Å². The highest BCUT2D eigenvalue weighted by atomic mass is 16.5. The number of rotatable bonds is 11. The minimum Gasteiger partial charge on any atom is -0.497 e. The number of furan rings is 1. The number of methoxy groups -OCH3 is 3. The van der Waals surface area contributed by atoms with Gasteiger partial charge in [0, 0.05) is 38.2 Å². The average Bonchev–Trinajstić information content (AvgIpc) is 3.74. The molecular formula is C31H36N4O7. The Balaban J connectivity index is 1.45. The molecule has 0 bridgehead atoms. The van der Waals surface area contributed by atoms with Crippen LogP contribution in [0.3, 0.4) is 0 Å². The van der Waals surface area contributed by atoms with Gasteiger partial charge in [-0.25, -0.2) is 5.01 Å². The number of hydrogen-bond acceptors (Lipinski definition) is 9. The predicted molar refractivity (Wildman–Crippen MR) is 155 cm³/mol. The van der Waals surface area contributed by atoms with Gasteiger partial charge in [-0.3, -0.25) is 14.5 Å². The van der Waals surface area contributed by atoms with E-state index in [2.05, 4.69) is 4.90 Å². The van der Waals surface area contributed by atoms with E-state index < -0.39 is 6.04 Å². The molecule has 1 atom stereocenters. The van der Waals surface area contributed by atoms with Gasteiger partial charge >= 0.3 is 0 Å². The highest BCUT2D eigenvalue weighted by Gasteiger charge is 2.36.